The lowest BCUT2D eigenvalue weighted by Crippen LogP contribution is -2.59. The lowest BCUT2D eigenvalue weighted by atomic mass is 9.83. The topological polar surface area (TPSA) is 183 Å². The smallest absolute Gasteiger partial charge is 0.407 e. The third kappa shape index (κ3) is 10.5. The minimum absolute atomic E-state index is 0.0776. The summed E-state index contributed by atoms with van der Waals surface area (Å²) in [5.41, 5.74) is 0.557. The molecule has 0 spiro atoms. The first-order valence-corrected chi connectivity index (χ1v) is 18.2. The number of hydrogen-bond acceptors (Lipinski definition) is 8. The molecule has 3 unspecified atom stereocenters. The number of ketones is 1. The van der Waals surface area contributed by atoms with E-state index >= 15 is 0 Å². The van der Waals surface area contributed by atoms with Crippen molar-refractivity contribution in [3.05, 3.63) is 35.9 Å². The Bertz CT molecular complexity index is 1430. The molecule has 280 valence electrons. The number of Topliss-reactive ketones (excluding diaryl/α,β-unsaturated/α-hetero) is 1. The number of alkyl carbamates (subject to hydrolysis) is 1. The molecule has 3 aliphatic rings. The summed E-state index contributed by atoms with van der Waals surface area (Å²) in [5, 5.41) is 10.5. The van der Waals surface area contributed by atoms with E-state index in [2.05, 4.69) is 21.3 Å². The van der Waals surface area contributed by atoms with Gasteiger partial charge in [0.15, 0.2) is 0 Å². The van der Waals surface area contributed by atoms with Crippen LogP contribution in [0.2, 0.25) is 0 Å². The van der Waals surface area contributed by atoms with Crippen molar-refractivity contribution < 1.29 is 38.3 Å². The summed E-state index contributed by atoms with van der Waals surface area (Å²) >= 11 is 0. The van der Waals surface area contributed by atoms with Crippen molar-refractivity contribution in [1.29, 1.82) is 0 Å². The van der Waals surface area contributed by atoms with Gasteiger partial charge in [-0.15, -0.1) is 0 Å². The van der Waals surface area contributed by atoms with Gasteiger partial charge < -0.3 is 35.8 Å². The number of nitrogens with zero attached hydrogens (tertiary/aromatic N) is 2. The summed E-state index contributed by atoms with van der Waals surface area (Å²) in [6.07, 6.45) is 5.24. The SMILES string of the molecule is CCCC(NC(=O)C1[C@H]2C[C@H]2CN1C(=O)[C@@H](NC(=O)OCC(C)C)C1CCCCC1)C(=O)C(=O)NCC(=O)NC(C(=O)N(C)C)c1ccccc1. The van der Waals surface area contributed by atoms with E-state index in [9.17, 15) is 33.6 Å². The Balaban J connectivity index is 1.39. The van der Waals surface area contributed by atoms with Crippen molar-refractivity contribution >= 4 is 41.4 Å². The van der Waals surface area contributed by atoms with E-state index in [-0.39, 0.29) is 48.5 Å². The zero-order valence-corrected chi connectivity index (χ0v) is 30.4. The number of piperidine rings is 1. The highest BCUT2D eigenvalue weighted by Crippen LogP contribution is 2.50. The molecule has 6 atom stereocenters. The van der Waals surface area contributed by atoms with E-state index in [0.717, 1.165) is 38.5 Å². The fraction of sp³-hybridized carbons (Fsp3) is 0.649. The van der Waals surface area contributed by atoms with E-state index in [1.165, 1.54) is 9.80 Å². The predicted octanol–water partition coefficient (Wildman–Crippen LogP) is 2.08. The number of likely N-dealkylation sites (N-methyl/N-ethyl adjacent to an activating group) is 1. The van der Waals surface area contributed by atoms with Crippen molar-refractivity contribution in [2.45, 2.75) is 96.3 Å². The highest BCUT2D eigenvalue weighted by atomic mass is 16.5. The number of carbonyl (C=O) groups is 7. The van der Waals surface area contributed by atoms with Crippen LogP contribution in [-0.4, -0.2) is 103 Å². The average molecular weight is 711 g/mol. The second kappa shape index (κ2) is 18.1. The molecule has 6 amide bonds. The van der Waals surface area contributed by atoms with Crippen molar-refractivity contribution in [2.75, 3.05) is 33.8 Å². The highest BCUT2D eigenvalue weighted by Gasteiger charge is 2.58. The number of benzene rings is 1. The highest BCUT2D eigenvalue weighted by molar-refractivity contribution is 6.38. The van der Waals surface area contributed by atoms with Gasteiger partial charge in [0.2, 0.25) is 29.4 Å². The Morgan fingerprint density at radius 1 is 0.941 bits per heavy atom. The minimum atomic E-state index is -1.18. The number of likely N-dealkylation sites (tertiary alicyclic amines) is 1. The molecule has 2 saturated carbocycles. The van der Waals surface area contributed by atoms with Gasteiger partial charge in [0.1, 0.15) is 18.1 Å². The number of fused-ring (bicyclic) bond motifs is 1. The van der Waals surface area contributed by atoms with Crippen molar-refractivity contribution in [3.63, 3.8) is 0 Å². The molecule has 0 radical (unpaired) electrons. The van der Waals surface area contributed by atoms with Crippen LogP contribution < -0.4 is 21.3 Å². The molecule has 1 aliphatic heterocycles. The predicted molar refractivity (Wildman–Crippen MR) is 188 cm³/mol. The van der Waals surface area contributed by atoms with Crippen LogP contribution in [-0.2, 0) is 33.5 Å². The van der Waals surface area contributed by atoms with Gasteiger partial charge in [0.05, 0.1) is 19.2 Å². The monoisotopic (exact) mass is 710 g/mol. The molecule has 1 aromatic rings. The molecular formula is C37H54N6O8. The number of amides is 6. The molecule has 4 rings (SSSR count). The third-order valence-corrected chi connectivity index (χ3v) is 9.88. The van der Waals surface area contributed by atoms with Gasteiger partial charge in [-0.3, -0.25) is 28.8 Å². The summed E-state index contributed by atoms with van der Waals surface area (Å²) in [4.78, 5) is 95.5. The Labute approximate surface area is 300 Å². The van der Waals surface area contributed by atoms with Gasteiger partial charge in [0, 0.05) is 20.6 Å². The van der Waals surface area contributed by atoms with Crippen LogP contribution >= 0.6 is 0 Å². The fourth-order valence-corrected chi connectivity index (χ4v) is 7.09. The summed E-state index contributed by atoms with van der Waals surface area (Å²) in [6.45, 7) is 5.68. The van der Waals surface area contributed by atoms with Gasteiger partial charge in [-0.25, -0.2) is 4.79 Å². The Hall–Kier alpha value is -4.49. The number of carbonyl (C=O) groups excluding carboxylic acids is 7. The molecule has 14 heteroatoms. The van der Waals surface area contributed by atoms with Gasteiger partial charge >= 0.3 is 6.09 Å². The van der Waals surface area contributed by atoms with Crippen LogP contribution in [0.5, 0.6) is 0 Å². The Morgan fingerprint density at radius 2 is 1.63 bits per heavy atom. The number of hydrogen-bond donors (Lipinski definition) is 4. The van der Waals surface area contributed by atoms with E-state index in [1.54, 1.807) is 44.4 Å². The third-order valence-electron chi connectivity index (χ3n) is 9.88. The summed E-state index contributed by atoms with van der Waals surface area (Å²) in [7, 11) is 3.13. The second-order valence-corrected chi connectivity index (χ2v) is 14.6. The molecule has 1 saturated heterocycles. The van der Waals surface area contributed by atoms with Crippen LogP contribution in [0.1, 0.15) is 83.7 Å². The summed E-state index contributed by atoms with van der Waals surface area (Å²) in [6, 6.07) is 4.81. The van der Waals surface area contributed by atoms with Gasteiger partial charge in [-0.1, -0.05) is 76.8 Å². The van der Waals surface area contributed by atoms with Gasteiger partial charge in [0.25, 0.3) is 5.91 Å². The lowest BCUT2D eigenvalue weighted by Gasteiger charge is -2.35. The Morgan fingerprint density at radius 3 is 2.25 bits per heavy atom. The van der Waals surface area contributed by atoms with Crippen LogP contribution in [0.15, 0.2) is 30.3 Å². The van der Waals surface area contributed by atoms with Crippen LogP contribution in [0.3, 0.4) is 0 Å². The normalized spacial score (nSPS) is 21.4. The maximum atomic E-state index is 14.1. The fourth-order valence-electron chi connectivity index (χ4n) is 7.09. The zero-order valence-electron chi connectivity index (χ0n) is 30.4. The van der Waals surface area contributed by atoms with E-state index in [0.29, 0.717) is 18.5 Å². The summed E-state index contributed by atoms with van der Waals surface area (Å²) < 4.78 is 5.35. The minimum Gasteiger partial charge on any atom is -0.449 e. The second-order valence-electron chi connectivity index (χ2n) is 14.6. The molecule has 0 aromatic heterocycles. The first-order valence-electron chi connectivity index (χ1n) is 18.2. The molecular weight excluding hydrogens is 656 g/mol. The lowest BCUT2D eigenvalue weighted by molar-refractivity contribution is -0.144. The molecule has 3 fully saturated rings. The van der Waals surface area contributed by atoms with Crippen molar-refractivity contribution in [2.24, 2.45) is 23.7 Å². The number of nitrogens with one attached hydrogen (secondary N) is 4. The summed E-state index contributed by atoms with van der Waals surface area (Å²) in [5.74, 6) is -3.76. The zero-order chi connectivity index (χ0) is 37.2. The Kier molecular flexibility index (Phi) is 14.0. The van der Waals surface area contributed by atoms with Gasteiger partial charge in [-0.05, 0) is 54.9 Å². The molecule has 14 nitrogen and oxygen atoms in total. The van der Waals surface area contributed by atoms with Crippen molar-refractivity contribution in [3.8, 4) is 0 Å². The van der Waals surface area contributed by atoms with E-state index in [4.69, 9.17) is 4.74 Å². The molecule has 1 aromatic carbocycles. The maximum absolute atomic E-state index is 14.1. The largest absolute Gasteiger partial charge is 0.449 e. The maximum Gasteiger partial charge on any atom is 0.407 e. The molecule has 4 N–H and O–H groups in total. The van der Waals surface area contributed by atoms with Crippen LogP contribution in [0.4, 0.5) is 4.79 Å². The quantitative estimate of drug-likeness (QED) is 0.188. The van der Waals surface area contributed by atoms with E-state index in [1.807, 2.05) is 20.8 Å². The molecule has 51 heavy (non-hydrogen) atoms. The first kappa shape index (κ1) is 39.3. The number of ether oxygens (including phenoxy) is 1. The molecule has 2 aliphatic carbocycles. The first-order chi connectivity index (χ1) is 24.3. The molecule has 0 bridgehead atoms. The van der Waals surface area contributed by atoms with Gasteiger partial charge in [-0.2, -0.15) is 0 Å². The van der Waals surface area contributed by atoms with Crippen LogP contribution in [0, 0.1) is 23.7 Å². The van der Waals surface area contributed by atoms with E-state index < -0.39 is 60.3 Å². The number of rotatable bonds is 16. The molecule has 1 heterocycles. The van der Waals surface area contributed by atoms with Crippen molar-refractivity contribution in [1.82, 2.24) is 31.1 Å². The average Bonchev–Trinajstić information content (AvgIpc) is 3.78. The van der Waals surface area contributed by atoms with Crippen LogP contribution in [0.25, 0.3) is 0 Å². The standard InChI is InChI=1S/C37H54N6O8/c1-6-13-27(32(45)34(47)38-19-28(44)40-29(35(48)42(4)5)23-14-9-7-10-15-23)39-33(46)31-26-18-25(26)20-43(31)36(49)30(24-16-11-8-12-17-24)41-37(50)51-21-22(2)3/h7,9-10,14-15,22,24-27,29-31H,6,8,11-13,16-21H2,1-5H3,(H,38,47)(H,39,46)(H,40,44)(H,41,50)/t25-,26-,27?,29?,30-,31?/m0/s1.